The Morgan fingerprint density at radius 3 is 2.06 bits per heavy atom. The van der Waals surface area contributed by atoms with Crippen LogP contribution in [0.2, 0.25) is 0 Å². The van der Waals surface area contributed by atoms with Gasteiger partial charge in [-0.25, -0.2) is 0 Å². The van der Waals surface area contributed by atoms with Gasteiger partial charge in [-0.05, 0) is 28.8 Å². The number of hydrogen-bond donors (Lipinski definition) is 0. The fourth-order valence-corrected chi connectivity index (χ4v) is 3.06. The van der Waals surface area contributed by atoms with E-state index in [1.54, 1.807) is 0 Å². The summed E-state index contributed by atoms with van der Waals surface area (Å²) < 4.78 is 0. The van der Waals surface area contributed by atoms with Gasteiger partial charge in [-0.2, -0.15) is 0 Å². The van der Waals surface area contributed by atoms with Crippen LogP contribution >= 0.6 is 22.2 Å². The van der Waals surface area contributed by atoms with Gasteiger partial charge in [-0.15, -0.1) is 22.2 Å². The Bertz CT molecular complexity index is 478. The summed E-state index contributed by atoms with van der Waals surface area (Å²) in [7, 11) is -1.71. The molecule has 82 valence electrons. The van der Waals surface area contributed by atoms with Crippen LogP contribution in [0.4, 0.5) is 0 Å². The number of aryl methyl sites for hydroxylation is 1. The van der Waals surface area contributed by atoms with Crippen LogP contribution in [-0.4, -0.2) is 7.42 Å². The smallest absolute Gasteiger partial charge is 0.144 e. The van der Waals surface area contributed by atoms with Gasteiger partial charge in [0.15, 0.2) is 0 Å². The minimum absolute atomic E-state index is 1.07. The Morgan fingerprint density at radius 2 is 1.50 bits per heavy atom. The van der Waals surface area contributed by atoms with Gasteiger partial charge < -0.3 is 0 Å². The topological polar surface area (TPSA) is 0 Å². The molecule has 0 fully saturated rings. The lowest BCUT2D eigenvalue weighted by atomic mass is 10.0. The molecule has 0 bridgehead atoms. The second kappa shape index (κ2) is 5.04. The fraction of sp³-hybridized carbons (Fsp3) is 0.0769. The predicted molar refractivity (Wildman–Crippen MR) is 75.1 cm³/mol. The van der Waals surface area contributed by atoms with Crippen LogP contribution in [0.3, 0.4) is 0 Å². The molecule has 0 N–H and O–H groups in total. The molecule has 0 radical (unpaired) electrons. The van der Waals surface area contributed by atoms with Crippen molar-refractivity contribution >= 4 is 34.8 Å². The van der Waals surface area contributed by atoms with E-state index in [2.05, 4.69) is 37.3 Å². The lowest BCUT2D eigenvalue weighted by molar-refractivity contribution is 1.46. The maximum absolute atomic E-state index is 5.94. The van der Waals surface area contributed by atoms with Gasteiger partial charge in [0.1, 0.15) is 0 Å². The highest BCUT2D eigenvalue weighted by molar-refractivity contribution is 7.39. The zero-order valence-corrected chi connectivity index (χ0v) is 11.6. The minimum atomic E-state index is -1.71. The summed E-state index contributed by atoms with van der Waals surface area (Å²) in [5, 5.41) is 1.07. The molecule has 0 aliphatic heterocycles. The zero-order valence-electron chi connectivity index (χ0n) is 8.95. The predicted octanol–water partition coefficient (Wildman–Crippen LogP) is 3.57. The first kappa shape index (κ1) is 11.7. The van der Waals surface area contributed by atoms with Crippen molar-refractivity contribution < 1.29 is 0 Å². The summed E-state index contributed by atoms with van der Waals surface area (Å²) in [5.41, 5.74) is 3.75. The van der Waals surface area contributed by atoms with Crippen molar-refractivity contribution in [3.8, 4) is 11.1 Å². The summed E-state index contributed by atoms with van der Waals surface area (Å²) in [5.74, 6) is 0. The molecule has 0 saturated heterocycles. The van der Waals surface area contributed by atoms with E-state index in [4.69, 9.17) is 22.2 Å². The molecule has 2 aromatic carbocycles. The van der Waals surface area contributed by atoms with E-state index < -0.39 is 7.42 Å². The van der Waals surface area contributed by atoms with Crippen molar-refractivity contribution in [3.63, 3.8) is 0 Å². The average molecular weight is 267 g/mol. The molecule has 3 heteroatoms. The van der Waals surface area contributed by atoms with Crippen LogP contribution in [0.1, 0.15) is 5.56 Å². The lowest BCUT2D eigenvalue weighted by Crippen LogP contribution is -2.16. The van der Waals surface area contributed by atoms with Gasteiger partial charge in [-0.1, -0.05) is 48.5 Å². The molecule has 0 aliphatic carbocycles. The molecule has 0 aromatic heterocycles. The Labute approximate surface area is 107 Å². The Balaban J connectivity index is 2.39. The van der Waals surface area contributed by atoms with Gasteiger partial charge in [0.25, 0.3) is 7.42 Å². The SMILES string of the molecule is Cc1ccccc1-c1ccc([SiH](Cl)Cl)cc1. The quantitative estimate of drug-likeness (QED) is 0.576. The highest BCUT2D eigenvalue weighted by Crippen LogP contribution is 2.22. The van der Waals surface area contributed by atoms with Crippen molar-refractivity contribution in [3.05, 3.63) is 54.1 Å². The van der Waals surface area contributed by atoms with Crippen LogP contribution in [0.5, 0.6) is 0 Å². The average Bonchev–Trinajstić information content (AvgIpc) is 2.30. The second-order valence-corrected chi connectivity index (χ2v) is 8.29. The third kappa shape index (κ3) is 2.49. The largest absolute Gasteiger partial charge is 0.266 e. The number of benzene rings is 2. The lowest BCUT2D eigenvalue weighted by Gasteiger charge is -2.07. The molecule has 2 rings (SSSR count). The molecule has 0 saturated carbocycles. The van der Waals surface area contributed by atoms with Crippen molar-refractivity contribution in [2.24, 2.45) is 0 Å². The van der Waals surface area contributed by atoms with E-state index in [1.807, 2.05) is 18.2 Å². The number of hydrogen-bond acceptors (Lipinski definition) is 0. The van der Waals surface area contributed by atoms with Gasteiger partial charge in [-0.3, -0.25) is 0 Å². The van der Waals surface area contributed by atoms with Gasteiger partial charge in [0, 0.05) is 0 Å². The maximum atomic E-state index is 5.94. The first-order chi connectivity index (χ1) is 7.68. The van der Waals surface area contributed by atoms with E-state index in [0.717, 1.165) is 5.19 Å². The standard InChI is InChI=1S/C13H12Cl2Si/c1-10-4-2-3-5-13(10)11-6-8-12(9-7-11)16(14)15/h2-9,16H,1H3. The van der Waals surface area contributed by atoms with Gasteiger partial charge in [0.05, 0.1) is 0 Å². The molecular formula is C13H12Cl2Si. The van der Waals surface area contributed by atoms with Crippen LogP contribution in [-0.2, 0) is 0 Å². The highest BCUT2D eigenvalue weighted by Gasteiger charge is 2.06. The van der Waals surface area contributed by atoms with Gasteiger partial charge in [0.2, 0.25) is 0 Å². The summed E-state index contributed by atoms with van der Waals surface area (Å²) >= 11 is 11.9. The summed E-state index contributed by atoms with van der Waals surface area (Å²) in [6.45, 7) is 2.11. The van der Waals surface area contributed by atoms with Crippen molar-refractivity contribution in [2.75, 3.05) is 0 Å². The Kier molecular flexibility index (Phi) is 3.69. The zero-order chi connectivity index (χ0) is 11.5. The first-order valence-corrected chi connectivity index (χ1v) is 9.19. The third-order valence-electron chi connectivity index (χ3n) is 2.62. The van der Waals surface area contributed by atoms with Gasteiger partial charge >= 0.3 is 0 Å². The van der Waals surface area contributed by atoms with E-state index >= 15 is 0 Å². The minimum Gasteiger partial charge on any atom is -0.144 e. The molecular weight excluding hydrogens is 255 g/mol. The molecule has 0 unspecified atom stereocenters. The van der Waals surface area contributed by atoms with E-state index in [-0.39, 0.29) is 0 Å². The summed E-state index contributed by atoms with van der Waals surface area (Å²) in [6, 6.07) is 16.6. The third-order valence-corrected chi connectivity index (χ3v) is 5.02. The summed E-state index contributed by atoms with van der Waals surface area (Å²) in [4.78, 5) is 0. The van der Waals surface area contributed by atoms with E-state index in [9.17, 15) is 0 Å². The monoisotopic (exact) mass is 266 g/mol. The summed E-state index contributed by atoms with van der Waals surface area (Å²) in [6.07, 6.45) is 0. The first-order valence-electron chi connectivity index (χ1n) is 5.12. The Hall–Kier alpha value is -0.763. The molecule has 0 aliphatic rings. The molecule has 2 aromatic rings. The van der Waals surface area contributed by atoms with Crippen LogP contribution in [0.15, 0.2) is 48.5 Å². The molecule has 0 atom stereocenters. The molecule has 16 heavy (non-hydrogen) atoms. The molecule has 0 heterocycles. The molecule has 0 nitrogen and oxygen atoms in total. The van der Waals surface area contributed by atoms with Crippen molar-refractivity contribution in [1.82, 2.24) is 0 Å². The fourth-order valence-electron chi connectivity index (χ4n) is 1.70. The maximum Gasteiger partial charge on any atom is 0.266 e. The number of rotatable bonds is 2. The highest BCUT2D eigenvalue weighted by atomic mass is 35.7. The van der Waals surface area contributed by atoms with Crippen LogP contribution in [0, 0.1) is 6.92 Å². The normalized spacial score (nSPS) is 10.8. The molecule has 0 amide bonds. The second-order valence-electron chi connectivity index (χ2n) is 3.74. The van der Waals surface area contributed by atoms with Crippen molar-refractivity contribution in [1.29, 1.82) is 0 Å². The number of halogens is 2. The van der Waals surface area contributed by atoms with E-state index in [0.29, 0.717) is 0 Å². The van der Waals surface area contributed by atoms with Crippen LogP contribution < -0.4 is 5.19 Å². The molecule has 0 spiro atoms. The van der Waals surface area contributed by atoms with E-state index in [1.165, 1.54) is 16.7 Å². The van der Waals surface area contributed by atoms with Crippen LogP contribution in [0.25, 0.3) is 11.1 Å². The Morgan fingerprint density at radius 1 is 0.875 bits per heavy atom. The van der Waals surface area contributed by atoms with Crippen molar-refractivity contribution in [2.45, 2.75) is 6.92 Å².